The summed E-state index contributed by atoms with van der Waals surface area (Å²) in [6.45, 7) is 9.45. The van der Waals surface area contributed by atoms with E-state index in [1.165, 1.54) is 0 Å². The molecule has 2 aromatic rings. The minimum atomic E-state index is -0.324. The summed E-state index contributed by atoms with van der Waals surface area (Å²) in [4.78, 5) is 31.3. The number of nitrogens with one attached hydrogen (secondary N) is 1. The van der Waals surface area contributed by atoms with Gasteiger partial charge in [0.15, 0.2) is 0 Å². The summed E-state index contributed by atoms with van der Waals surface area (Å²) in [5, 5.41) is 2.96. The van der Waals surface area contributed by atoms with E-state index in [0.29, 0.717) is 24.9 Å². The van der Waals surface area contributed by atoms with Crippen molar-refractivity contribution in [1.82, 2.24) is 10.3 Å². The predicted molar refractivity (Wildman–Crippen MR) is 111 cm³/mol. The van der Waals surface area contributed by atoms with E-state index in [4.69, 9.17) is 0 Å². The van der Waals surface area contributed by atoms with Crippen LogP contribution in [0.2, 0.25) is 0 Å². The van der Waals surface area contributed by atoms with Crippen molar-refractivity contribution in [1.29, 1.82) is 0 Å². The zero-order chi connectivity index (χ0) is 20.3. The molecule has 1 aliphatic rings. The highest BCUT2D eigenvalue weighted by Crippen LogP contribution is 2.38. The second-order valence-corrected chi connectivity index (χ2v) is 8.07. The normalized spacial score (nSPS) is 16.9. The van der Waals surface area contributed by atoms with Gasteiger partial charge in [-0.05, 0) is 40.7 Å². The minimum absolute atomic E-state index is 0.0269. The number of carbonyl (C=O) groups is 2. The number of aromatic nitrogens is 1. The minimum Gasteiger partial charge on any atom is -0.352 e. The lowest BCUT2D eigenvalue weighted by Gasteiger charge is -2.27. The summed E-state index contributed by atoms with van der Waals surface area (Å²) >= 11 is 0. The van der Waals surface area contributed by atoms with Crippen molar-refractivity contribution in [3.8, 4) is 0 Å². The largest absolute Gasteiger partial charge is 0.352 e. The van der Waals surface area contributed by atoms with E-state index >= 15 is 0 Å². The molecule has 0 spiro atoms. The highest BCUT2D eigenvalue weighted by atomic mass is 16.2. The average Bonchev–Trinajstić information content (AvgIpc) is 3.07. The van der Waals surface area contributed by atoms with Crippen LogP contribution in [0.3, 0.4) is 0 Å². The lowest BCUT2D eigenvalue weighted by Crippen LogP contribution is -2.33. The number of rotatable bonds is 6. The summed E-state index contributed by atoms with van der Waals surface area (Å²) in [6, 6.07) is 10.00. The van der Waals surface area contributed by atoms with Gasteiger partial charge in [0, 0.05) is 31.9 Å². The monoisotopic (exact) mass is 379 g/mol. The van der Waals surface area contributed by atoms with Gasteiger partial charge in [0.25, 0.3) is 0 Å². The molecule has 3 rings (SSSR count). The maximum atomic E-state index is 12.9. The first-order valence-electron chi connectivity index (χ1n) is 9.98. The maximum Gasteiger partial charge on any atom is 0.227 e. The summed E-state index contributed by atoms with van der Waals surface area (Å²) < 4.78 is 0. The van der Waals surface area contributed by atoms with Crippen LogP contribution in [-0.2, 0) is 16.1 Å². The van der Waals surface area contributed by atoms with Crippen molar-refractivity contribution >= 4 is 17.5 Å². The molecule has 2 heterocycles. The number of benzene rings is 1. The van der Waals surface area contributed by atoms with Crippen LogP contribution in [-0.4, -0.2) is 23.3 Å². The Morgan fingerprint density at radius 1 is 1.11 bits per heavy atom. The van der Waals surface area contributed by atoms with Crippen molar-refractivity contribution in [2.24, 2.45) is 5.92 Å². The van der Waals surface area contributed by atoms with Crippen LogP contribution in [0.1, 0.15) is 62.6 Å². The van der Waals surface area contributed by atoms with E-state index in [0.717, 1.165) is 22.4 Å². The molecule has 1 aliphatic heterocycles. The zero-order valence-electron chi connectivity index (χ0n) is 17.1. The Morgan fingerprint density at radius 2 is 1.71 bits per heavy atom. The molecule has 5 heteroatoms. The third-order valence-corrected chi connectivity index (χ3v) is 5.32. The number of para-hydroxylation sites is 1. The lowest BCUT2D eigenvalue weighted by atomic mass is 9.92. The van der Waals surface area contributed by atoms with Gasteiger partial charge in [-0.3, -0.25) is 14.6 Å². The molecule has 28 heavy (non-hydrogen) atoms. The molecule has 1 aromatic carbocycles. The van der Waals surface area contributed by atoms with Gasteiger partial charge in [0.05, 0.1) is 11.6 Å². The molecule has 1 aromatic heterocycles. The number of nitrogens with zero attached hydrogens (tertiary/aromatic N) is 2. The highest BCUT2D eigenvalue weighted by molar-refractivity contribution is 6.01. The van der Waals surface area contributed by atoms with Gasteiger partial charge in [-0.15, -0.1) is 0 Å². The van der Waals surface area contributed by atoms with E-state index in [1.54, 1.807) is 12.4 Å². The second-order valence-electron chi connectivity index (χ2n) is 8.07. The predicted octanol–water partition coefficient (Wildman–Crippen LogP) is 4.00. The first-order valence-corrected chi connectivity index (χ1v) is 9.98. The van der Waals surface area contributed by atoms with Gasteiger partial charge in [-0.2, -0.15) is 0 Å². The molecule has 2 amide bonds. The molecule has 0 bridgehead atoms. The lowest BCUT2D eigenvalue weighted by molar-refractivity contribution is -0.126. The topological polar surface area (TPSA) is 62.3 Å². The second kappa shape index (κ2) is 8.55. The van der Waals surface area contributed by atoms with Crippen LogP contribution >= 0.6 is 0 Å². The van der Waals surface area contributed by atoms with Crippen molar-refractivity contribution in [2.45, 2.75) is 52.5 Å². The van der Waals surface area contributed by atoms with E-state index in [9.17, 15) is 9.59 Å². The number of pyridine rings is 1. The Balaban J connectivity index is 1.78. The zero-order valence-corrected chi connectivity index (χ0v) is 17.1. The maximum absolute atomic E-state index is 12.9. The van der Waals surface area contributed by atoms with Crippen LogP contribution in [0.25, 0.3) is 0 Å². The van der Waals surface area contributed by atoms with Gasteiger partial charge in [0.2, 0.25) is 11.8 Å². The summed E-state index contributed by atoms with van der Waals surface area (Å²) in [5.74, 6) is 0.247. The van der Waals surface area contributed by atoms with Gasteiger partial charge < -0.3 is 10.2 Å². The quantitative estimate of drug-likeness (QED) is 0.825. The van der Waals surface area contributed by atoms with Crippen molar-refractivity contribution in [3.63, 3.8) is 0 Å². The van der Waals surface area contributed by atoms with Crippen LogP contribution in [0, 0.1) is 5.92 Å². The van der Waals surface area contributed by atoms with E-state index in [2.05, 4.69) is 56.2 Å². The fraction of sp³-hybridized carbons (Fsp3) is 0.435. The molecular formula is C23H29N3O2. The number of anilines is 1. The summed E-state index contributed by atoms with van der Waals surface area (Å²) in [5.41, 5.74) is 4.33. The van der Waals surface area contributed by atoms with Crippen LogP contribution in [0.4, 0.5) is 5.69 Å². The molecule has 1 N–H and O–H groups in total. The Morgan fingerprint density at radius 3 is 2.29 bits per heavy atom. The fourth-order valence-corrected chi connectivity index (χ4v) is 3.76. The number of carbonyl (C=O) groups excluding carboxylic acids is 2. The van der Waals surface area contributed by atoms with Crippen LogP contribution in [0.15, 0.2) is 42.7 Å². The van der Waals surface area contributed by atoms with Crippen molar-refractivity contribution in [3.05, 3.63) is 59.4 Å². The third-order valence-electron chi connectivity index (χ3n) is 5.32. The van der Waals surface area contributed by atoms with Crippen molar-refractivity contribution in [2.75, 3.05) is 11.4 Å². The number of amides is 2. The highest BCUT2D eigenvalue weighted by Gasteiger charge is 2.37. The molecule has 1 atom stereocenters. The Kier molecular flexibility index (Phi) is 6.12. The van der Waals surface area contributed by atoms with Crippen LogP contribution in [0.5, 0.6) is 0 Å². The molecule has 1 saturated heterocycles. The summed E-state index contributed by atoms with van der Waals surface area (Å²) in [6.07, 6.45) is 3.67. The molecule has 1 fully saturated rings. The Hall–Kier alpha value is -2.69. The van der Waals surface area contributed by atoms with Gasteiger partial charge in [-0.1, -0.05) is 45.9 Å². The molecular weight excluding hydrogens is 350 g/mol. The van der Waals surface area contributed by atoms with Crippen molar-refractivity contribution < 1.29 is 9.59 Å². The van der Waals surface area contributed by atoms with E-state index in [-0.39, 0.29) is 24.2 Å². The number of hydrogen-bond donors (Lipinski definition) is 1. The standard InChI is InChI=1S/C23H29N3O2/c1-15(2)19-6-5-7-20(16(3)4)22(19)26-14-18(12-21(26)27)23(28)25-13-17-8-10-24-11-9-17/h5-11,15-16,18H,12-14H2,1-4H3,(H,25,28). The SMILES string of the molecule is CC(C)c1cccc(C(C)C)c1N1CC(C(=O)NCc2ccncc2)CC1=O. The van der Waals surface area contributed by atoms with Crippen LogP contribution < -0.4 is 10.2 Å². The molecule has 0 saturated carbocycles. The third kappa shape index (κ3) is 4.24. The molecule has 0 aliphatic carbocycles. The first-order chi connectivity index (χ1) is 13.4. The van der Waals surface area contributed by atoms with E-state index in [1.807, 2.05) is 17.0 Å². The number of hydrogen-bond acceptors (Lipinski definition) is 3. The summed E-state index contributed by atoms with van der Waals surface area (Å²) in [7, 11) is 0. The van der Waals surface area contributed by atoms with E-state index < -0.39 is 0 Å². The molecule has 148 valence electrons. The molecule has 5 nitrogen and oxygen atoms in total. The average molecular weight is 380 g/mol. The fourth-order valence-electron chi connectivity index (χ4n) is 3.76. The Labute approximate surface area is 167 Å². The molecule has 0 radical (unpaired) electrons. The van der Waals surface area contributed by atoms with Gasteiger partial charge >= 0.3 is 0 Å². The molecule has 1 unspecified atom stereocenters. The first kappa shape index (κ1) is 20.1. The van der Waals surface area contributed by atoms with Gasteiger partial charge in [0.1, 0.15) is 0 Å². The van der Waals surface area contributed by atoms with Gasteiger partial charge in [-0.25, -0.2) is 0 Å². The Bertz CT molecular complexity index is 820. The smallest absolute Gasteiger partial charge is 0.227 e.